The van der Waals surface area contributed by atoms with Crippen molar-refractivity contribution in [1.29, 1.82) is 0 Å². The molecule has 7 nitrogen and oxygen atoms in total. The minimum absolute atomic E-state index is 0.0755. The molecule has 1 amide bonds. The predicted octanol–water partition coefficient (Wildman–Crippen LogP) is 0.229. The van der Waals surface area contributed by atoms with E-state index in [4.69, 9.17) is 0 Å². The highest BCUT2D eigenvalue weighted by atomic mass is 16.2. The number of H-pyrrole nitrogens is 2. The van der Waals surface area contributed by atoms with Crippen LogP contribution in [0.3, 0.4) is 0 Å². The molecule has 0 saturated carbocycles. The number of aromatic amines is 2. The van der Waals surface area contributed by atoms with Crippen LogP contribution in [-0.4, -0.2) is 26.1 Å². The lowest BCUT2D eigenvalue weighted by atomic mass is 9.86. The van der Waals surface area contributed by atoms with Crippen LogP contribution in [0.1, 0.15) is 35.8 Å². The van der Waals surface area contributed by atoms with Crippen molar-refractivity contribution in [1.82, 2.24) is 25.5 Å². The van der Waals surface area contributed by atoms with Gasteiger partial charge in [-0.15, -0.1) is 0 Å². The Bertz CT molecular complexity index is 675. The van der Waals surface area contributed by atoms with Crippen molar-refractivity contribution in [2.75, 3.05) is 0 Å². The summed E-state index contributed by atoms with van der Waals surface area (Å²) in [5.41, 5.74) is 1.64. The maximum atomic E-state index is 12.3. The zero-order valence-corrected chi connectivity index (χ0v) is 10.8. The summed E-state index contributed by atoms with van der Waals surface area (Å²) in [6.07, 6.45) is 4.47. The van der Waals surface area contributed by atoms with Gasteiger partial charge >= 0.3 is 5.69 Å². The maximum Gasteiger partial charge on any atom is 0.340 e. The molecule has 7 heteroatoms. The lowest BCUT2D eigenvalue weighted by molar-refractivity contribution is -0.123. The van der Waals surface area contributed by atoms with Crippen LogP contribution >= 0.6 is 0 Å². The second-order valence-electron chi connectivity index (χ2n) is 4.83. The summed E-state index contributed by atoms with van der Waals surface area (Å²) >= 11 is 0. The number of amides is 1. The minimum atomic E-state index is -0.376. The van der Waals surface area contributed by atoms with Gasteiger partial charge in [0.05, 0.1) is 18.2 Å². The topological polar surface area (TPSA) is 104 Å². The molecule has 1 aliphatic rings. The molecule has 0 saturated heterocycles. The van der Waals surface area contributed by atoms with E-state index < -0.39 is 0 Å². The number of rotatable bonds is 3. The monoisotopic (exact) mass is 273 g/mol. The molecular formula is C13H15N5O2. The second-order valence-corrected chi connectivity index (χ2v) is 4.83. The maximum absolute atomic E-state index is 12.3. The summed E-state index contributed by atoms with van der Waals surface area (Å²) in [6.45, 7) is 0.205. The molecule has 104 valence electrons. The Hall–Kier alpha value is -2.44. The first-order chi connectivity index (χ1) is 9.74. The number of pyridine rings is 1. The number of aryl methyl sites for hydroxylation is 1. The Morgan fingerprint density at radius 2 is 2.40 bits per heavy atom. The second kappa shape index (κ2) is 5.28. The van der Waals surface area contributed by atoms with E-state index in [1.807, 2.05) is 12.1 Å². The zero-order valence-electron chi connectivity index (χ0n) is 10.8. The van der Waals surface area contributed by atoms with Gasteiger partial charge in [0.1, 0.15) is 5.82 Å². The van der Waals surface area contributed by atoms with Crippen molar-refractivity contribution in [2.45, 2.75) is 31.7 Å². The first kappa shape index (κ1) is 12.6. The molecule has 2 aromatic heterocycles. The highest BCUT2D eigenvalue weighted by molar-refractivity contribution is 5.83. The summed E-state index contributed by atoms with van der Waals surface area (Å²) in [4.78, 5) is 30.0. The molecule has 0 fully saturated rings. The number of hydrogen-bond acceptors (Lipinski definition) is 4. The quantitative estimate of drug-likeness (QED) is 0.744. The molecule has 3 N–H and O–H groups in total. The van der Waals surface area contributed by atoms with Crippen LogP contribution < -0.4 is 11.0 Å². The Morgan fingerprint density at radius 3 is 3.20 bits per heavy atom. The number of hydrogen-bond donors (Lipinski definition) is 3. The van der Waals surface area contributed by atoms with Crippen molar-refractivity contribution in [3.8, 4) is 0 Å². The summed E-state index contributed by atoms with van der Waals surface area (Å²) < 4.78 is 0. The highest BCUT2D eigenvalue weighted by Gasteiger charge is 2.27. The number of nitrogens with one attached hydrogen (secondary N) is 3. The molecular weight excluding hydrogens is 258 g/mol. The van der Waals surface area contributed by atoms with Gasteiger partial charge in [0.2, 0.25) is 5.91 Å². The summed E-state index contributed by atoms with van der Waals surface area (Å²) in [5, 5.41) is 8.81. The van der Waals surface area contributed by atoms with E-state index in [0.29, 0.717) is 5.82 Å². The molecule has 2 heterocycles. The Balaban J connectivity index is 1.70. The minimum Gasteiger partial charge on any atom is -0.348 e. The summed E-state index contributed by atoms with van der Waals surface area (Å²) in [5.74, 6) is 0.125. The van der Waals surface area contributed by atoms with Gasteiger partial charge in [0.15, 0.2) is 0 Å². The summed E-state index contributed by atoms with van der Waals surface area (Å²) in [7, 11) is 0. The van der Waals surface area contributed by atoms with Crippen LogP contribution in [0, 0.1) is 0 Å². The van der Waals surface area contributed by atoms with E-state index in [1.54, 1.807) is 6.20 Å². The van der Waals surface area contributed by atoms with Gasteiger partial charge in [-0.2, -0.15) is 5.10 Å². The molecule has 2 aromatic rings. The number of nitrogens with zero attached hydrogens (tertiary/aromatic N) is 2. The van der Waals surface area contributed by atoms with Crippen molar-refractivity contribution >= 4 is 5.91 Å². The van der Waals surface area contributed by atoms with Gasteiger partial charge in [0.25, 0.3) is 0 Å². The van der Waals surface area contributed by atoms with Crippen molar-refractivity contribution in [3.05, 3.63) is 45.9 Å². The highest BCUT2D eigenvalue weighted by Crippen LogP contribution is 2.29. The smallest absolute Gasteiger partial charge is 0.340 e. The van der Waals surface area contributed by atoms with Crippen LogP contribution in [0.5, 0.6) is 0 Å². The molecule has 0 radical (unpaired) electrons. The van der Waals surface area contributed by atoms with Gasteiger partial charge in [-0.25, -0.2) is 9.89 Å². The molecule has 3 rings (SSSR count). The Labute approximate surface area is 114 Å². The fourth-order valence-corrected chi connectivity index (χ4v) is 2.55. The molecule has 1 atom stereocenters. The van der Waals surface area contributed by atoms with Crippen LogP contribution in [-0.2, 0) is 17.8 Å². The number of fused-ring (bicyclic) bond motifs is 1. The largest absolute Gasteiger partial charge is 0.348 e. The van der Waals surface area contributed by atoms with Gasteiger partial charge in [-0.3, -0.25) is 14.8 Å². The molecule has 20 heavy (non-hydrogen) atoms. The predicted molar refractivity (Wildman–Crippen MR) is 71.0 cm³/mol. The van der Waals surface area contributed by atoms with Gasteiger partial charge in [-0.05, 0) is 30.9 Å². The van der Waals surface area contributed by atoms with Crippen molar-refractivity contribution < 1.29 is 4.79 Å². The third kappa shape index (κ3) is 2.47. The van der Waals surface area contributed by atoms with E-state index in [-0.39, 0.29) is 24.1 Å². The average molecular weight is 273 g/mol. The van der Waals surface area contributed by atoms with Gasteiger partial charge in [0, 0.05) is 6.20 Å². The van der Waals surface area contributed by atoms with Crippen LogP contribution in [0.15, 0.2) is 23.1 Å². The Morgan fingerprint density at radius 1 is 1.50 bits per heavy atom. The lowest BCUT2D eigenvalue weighted by Crippen LogP contribution is -2.32. The molecule has 1 aliphatic carbocycles. The molecule has 0 spiro atoms. The summed E-state index contributed by atoms with van der Waals surface area (Å²) in [6, 6.07) is 3.92. The Kier molecular flexibility index (Phi) is 3.32. The number of carbonyl (C=O) groups excluding carboxylic acids is 1. The van der Waals surface area contributed by atoms with Crippen LogP contribution in [0.4, 0.5) is 0 Å². The first-order valence-corrected chi connectivity index (χ1v) is 6.59. The first-order valence-electron chi connectivity index (χ1n) is 6.59. The molecule has 0 aliphatic heterocycles. The zero-order chi connectivity index (χ0) is 13.9. The van der Waals surface area contributed by atoms with Crippen molar-refractivity contribution in [3.63, 3.8) is 0 Å². The van der Waals surface area contributed by atoms with Gasteiger partial charge in [-0.1, -0.05) is 6.07 Å². The van der Waals surface area contributed by atoms with E-state index in [9.17, 15) is 9.59 Å². The van der Waals surface area contributed by atoms with E-state index >= 15 is 0 Å². The van der Waals surface area contributed by atoms with Crippen molar-refractivity contribution in [2.24, 2.45) is 0 Å². The normalized spacial score (nSPS) is 17.5. The SMILES string of the molecule is O=C(NCc1n[nH]c(=O)[nH]1)C1CCCc2cccnc21. The van der Waals surface area contributed by atoms with E-state index in [2.05, 4.69) is 25.5 Å². The van der Waals surface area contributed by atoms with Crippen LogP contribution in [0.2, 0.25) is 0 Å². The molecule has 1 unspecified atom stereocenters. The number of aromatic nitrogens is 4. The molecule has 0 aromatic carbocycles. The third-order valence-corrected chi connectivity index (χ3v) is 3.49. The standard InChI is InChI=1S/C13H15N5O2/c19-12(15-7-10-16-13(20)18-17-10)9-5-1-3-8-4-2-6-14-11(8)9/h2,4,6,9H,1,3,5,7H2,(H,15,19)(H2,16,17,18,20). The lowest BCUT2D eigenvalue weighted by Gasteiger charge is -2.23. The van der Waals surface area contributed by atoms with E-state index in [1.165, 1.54) is 0 Å². The third-order valence-electron chi connectivity index (χ3n) is 3.49. The van der Waals surface area contributed by atoms with E-state index in [0.717, 1.165) is 30.5 Å². The van der Waals surface area contributed by atoms with Crippen LogP contribution in [0.25, 0.3) is 0 Å². The fourth-order valence-electron chi connectivity index (χ4n) is 2.55. The average Bonchev–Trinajstić information content (AvgIpc) is 2.90. The molecule has 0 bridgehead atoms. The number of carbonyl (C=O) groups is 1. The van der Waals surface area contributed by atoms with Gasteiger partial charge < -0.3 is 5.32 Å². The fraction of sp³-hybridized carbons (Fsp3) is 0.385.